The van der Waals surface area contributed by atoms with E-state index in [1.54, 1.807) is 0 Å². The van der Waals surface area contributed by atoms with Gasteiger partial charge >= 0.3 is 0 Å². The molecule has 21 heavy (non-hydrogen) atoms. The van der Waals surface area contributed by atoms with Gasteiger partial charge in [-0.05, 0) is 41.5 Å². The van der Waals surface area contributed by atoms with Gasteiger partial charge in [0.25, 0.3) is 0 Å². The molecule has 1 aliphatic carbocycles. The molecule has 0 aromatic heterocycles. The van der Waals surface area contributed by atoms with Crippen LogP contribution in [0.3, 0.4) is 0 Å². The Morgan fingerprint density at radius 1 is 0.952 bits per heavy atom. The zero-order valence-electron chi connectivity index (χ0n) is 13.3. The standard InChI is InChI=1S/C21H24/c1-4-6-15-21(16(3)5-2)19-13-9-7-11-17(19)18-12-8-10-14-20(18)21/h4,6-14,16H,5,15H2,1-3H3/b6-4-. The van der Waals surface area contributed by atoms with Crippen LogP contribution in [-0.2, 0) is 5.41 Å². The second-order valence-corrected chi connectivity index (χ2v) is 6.14. The van der Waals surface area contributed by atoms with E-state index in [2.05, 4.69) is 81.5 Å². The average molecular weight is 276 g/mol. The molecule has 0 aliphatic heterocycles. The average Bonchev–Trinajstić information content (AvgIpc) is 2.84. The zero-order valence-corrected chi connectivity index (χ0v) is 13.3. The van der Waals surface area contributed by atoms with Crippen molar-refractivity contribution >= 4 is 0 Å². The van der Waals surface area contributed by atoms with Crippen molar-refractivity contribution in [3.63, 3.8) is 0 Å². The second-order valence-electron chi connectivity index (χ2n) is 6.14. The van der Waals surface area contributed by atoms with Gasteiger partial charge in [-0.15, -0.1) is 0 Å². The van der Waals surface area contributed by atoms with E-state index in [0.717, 1.165) is 6.42 Å². The maximum atomic E-state index is 2.41. The van der Waals surface area contributed by atoms with Crippen molar-refractivity contribution in [2.75, 3.05) is 0 Å². The van der Waals surface area contributed by atoms with E-state index in [1.165, 1.54) is 28.7 Å². The van der Waals surface area contributed by atoms with Gasteiger partial charge in [-0.1, -0.05) is 81.0 Å². The van der Waals surface area contributed by atoms with Gasteiger partial charge in [0, 0.05) is 5.41 Å². The van der Waals surface area contributed by atoms with Crippen LogP contribution in [0.1, 0.15) is 44.7 Å². The maximum Gasteiger partial charge on any atom is 0.0274 e. The maximum absolute atomic E-state index is 2.41. The van der Waals surface area contributed by atoms with Crippen LogP contribution in [-0.4, -0.2) is 0 Å². The molecule has 0 nitrogen and oxygen atoms in total. The summed E-state index contributed by atoms with van der Waals surface area (Å²) in [6.07, 6.45) is 6.81. The first-order valence-corrected chi connectivity index (χ1v) is 8.06. The third-order valence-electron chi connectivity index (χ3n) is 5.23. The summed E-state index contributed by atoms with van der Waals surface area (Å²) < 4.78 is 0. The van der Waals surface area contributed by atoms with Gasteiger partial charge in [-0.3, -0.25) is 0 Å². The molecule has 0 heterocycles. The van der Waals surface area contributed by atoms with E-state index in [4.69, 9.17) is 0 Å². The lowest BCUT2D eigenvalue weighted by atomic mass is 9.66. The van der Waals surface area contributed by atoms with Crippen molar-refractivity contribution in [2.45, 2.75) is 39.0 Å². The Morgan fingerprint density at radius 2 is 1.48 bits per heavy atom. The topological polar surface area (TPSA) is 0 Å². The summed E-state index contributed by atoms with van der Waals surface area (Å²) in [7, 11) is 0. The minimum Gasteiger partial charge on any atom is -0.0916 e. The Kier molecular flexibility index (Phi) is 3.71. The molecular weight excluding hydrogens is 252 g/mol. The van der Waals surface area contributed by atoms with Crippen LogP contribution in [0, 0.1) is 5.92 Å². The van der Waals surface area contributed by atoms with Crippen molar-refractivity contribution in [3.8, 4) is 11.1 Å². The first-order chi connectivity index (χ1) is 10.3. The van der Waals surface area contributed by atoms with E-state index in [1.807, 2.05) is 0 Å². The van der Waals surface area contributed by atoms with Crippen LogP contribution in [0.4, 0.5) is 0 Å². The second kappa shape index (κ2) is 5.52. The van der Waals surface area contributed by atoms with Gasteiger partial charge in [-0.2, -0.15) is 0 Å². The molecule has 0 bridgehead atoms. The van der Waals surface area contributed by atoms with Crippen LogP contribution < -0.4 is 0 Å². The normalized spacial score (nSPS) is 16.7. The van der Waals surface area contributed by atoms with Crippen molar-refractivity contribution in [1.82, 2.24) is 0 Å². The predicted octanol–water partition coefficient (Wildman–Crippen LogP) is 5.97. The van der Waals surface area contributed by atoms with Gasteiger partial charge in [0.05, 0.1) is 0 Å². The lowest BCUT2D eigenvalue weighted by molar-refractivity contribution is 0.344. The molecule has 2 aromatic carbocycles. The largest absolute Gasteiger partial charge is 0.0916 e. The van der Waals surface area contributed by atoms with E-state index in [9.17, 15) is 0 Å². The van der Waals surface area contributed by atoms with Crippen LogP contribution in [0.15, 0.2) is 60.7 Å². The fourth-order valence-electron chi connectivity index (χ4n) is 3.96. The fraction of sp³-hybridized carbons (Fsp3) is 0.333. The van der Waals surface area contributed by atoms with Crippen LogP contribution in [0.2, 0.25) is 0 Å². The number of fused-ring (bicyclic) bond motifs is 3. The molecule has 0 saturated carbocycles. The van der Waals surface area contributed by atoms with E-state index in [0.29, 0.717) is 5.92 Å². The number of hydrogen-bond donors (Lipinski definition) is 0. The Morgan fingerprint density at radius 3 is 1.95 bits per heavy atom. The number of benzene rings is 2. The molecule has 2 aromatic rings. The highest BCUT2D eigenvalue weighted by Gasteiger charge is 2.45. The van der Waals surface area contributed by atoms with E-state index < -0.39 is 0 Å². The first-order valence-electron chi connectivity index (χ1n) is 8.06. The molecule has 0 amide bonds. The van der Waals surface area contributed by atoms with Crippen LogP contribution in [0.5, 0.6) is 0 Å². The third kappa shape index (κ3) is 1.97. The molecule has 0 saturated heterocycles. The van der Waals surface area contributed by atoms with Gasteiger partial charge in [-0.25, -0.2) is 0 Å². The summed E-state index contributed by atoms with van der Waals surface area (Å²) in [5, 5.41) is 0. The lowest BCUT2D eigenvalue weighted by Crippen LogP contribution is -2.32. The Labute approximate surface area is 128 Å². The van der Waals surface area contributed by atoms with Crippen LogP contribution >= 0.6 is 0 Å². The van der Waals surface area contributed by atoms with E-state index >= 15 is 0 Å². The van der Waals surface area contributed by atoms with Crippen molar-refractivity contribution in [2.24, 2.45) is 5.92 Å². The smallest absolute Gasteiger partial charge is 0.0274 e. The van der Waals surface area contributed by atoms with Crippen molar-refractivity contribution in [3.05, 3.63) is 71.8 Å². The summed E-state index contributed by atoms with van der Waals surface area (Å²) >= 11 is 0. The van der Waals surface area contributed by atoms with E-state index in [-0.39, 0.29) is 5.41 Å². The van der Waals surface area contributed by atoms with Gasteiger partial charge < -0.3 is 0 Å². The predicted molar refractivity (Wildman–Crippen MR) is 91.5 cm³/mol. The van der Waals surface area contributed by atoms with Gasteiger partial charge in [0.2, 0.25) is 0 Å². The molecule has 1 aliphatic rings. The summed E-state index contributed by atoms with van der Waals surface area (Å²) in [6, 6.07) is 18.0. The number of allylic oxidation sites excluding steroid dienone is 2. The number of hydrogen-bond acceptors (Lipinski definition) is 0. The van der Waals surface area contributed by atoms with Gasteiger partial charge in [0.15, 0.2) is 0 Å². The summed E-state index contributed by atoms with van der Waals surface area (Å²) in [5.74, 6) is 0.624. The third-order valence-corrected chi connectivity index (χ3v) is 5.23. The lowest BCUT2D eigenvalue weighted by Gasteiger charge is -2.37. The molecular formula is C21H24. The molecule has 0 fully saturated rings. The van der Waals surface area contributed by atoms with Crippen molar-refractivity contribution in [1.29, 1.82) is 0 Å². The Balaban J connectivity index is 2.32. The monoisotopic (exact) mass is 276 g/mol. The molecule has 3 rings (SSSR count). The Hall–Kier alpha value is -1.82. The summed E-state index contributed by atoms with van der Waals surface area (Å²) in [4.78, 5) is 0. The minimum atomic E-state index is 0.133. The Bertz CT molecular complexity index is 618. The summed E-state index contributed by atoms with van der Waals surface area (Å²) in [6.45, 7) is 6.84. The molecule has 1 atom stereocenters. The zero-order chi connectivity index (χ0) is 14.9. The highest BCUT2D eigenvalue weighted by Crippen LogP contribution is 2.55. The van der Waals surface area contributed by atoms with Crippen LogP contribution in [0.25, 0.3) is 11.1 Å². The first kappa shape index (κ1) is 14.1. The molecule has 0 spiro atoms. The number of rotatable bonds is 4. The highest BCUT2D eigenvalue weighted by atomic mass is 14.5. The highest BCUT2D eigenvalue weighted by molar-refractivity contribution is 5.81. The molecule has 108 valence electrons. The molecule has 0 radical (unpaired) electrons. The molecule has 0 N–H and O–H groups in total. The molecule has 1 unspecified atom stereocenters. The summed E-state index contributed by atoms with van der Waals surface area (Å²) in [5.41, 5.74) is 6.02. The SMILES string of the molecule is C/C=C\CC1(C(C)CC)c2ccccc2-c2ccccc21. The fourth-order valence-corrected chi connectivity index (χ4v) is 3.96. The van der Waals surface area contributed by atoms with Gasteiger partial charge in [0.1, 0.15) is 0 Å². The quantitative estimate of drug-likeness (QED) is 0.604. The minimum absolute atomic E-state index is 0.133. The molecule has 0 heteroatoms. The van der Waals surface area contributed by atoms with Crippen molar-refractivity contribution < 1.29 is 0 Å².